The Labute approximate surface area is 163 Å². The maximum absolute atomic E-state index is 14.1. The van der Waals surface area contributed by atoms with Crippen molar-refractivity contribution in [1.29, 1.82) is 0 Å². The second-order valence-corrected chi connectivity index (χ2v) is 9.10. The van der Waals surface area contributed by atoms with Crippen LogP contribution in [0.1, 0.15) is 49.3 Å². The van der Waals surface area contributed by atoms with Gasteiger partial charge in [-0.25, -0.2) is 26.7 Å². The third kappa shape index (κ3) is 4.10. The number of nitrogen functional groups attached to an aromatic ring is 1. The Bertz CT molecular complexity index is 1010. The van der Waals surface area contributed by atoms with Crippen molar-refractivity contribution in [3.05, 3.63) is 23.3 Å². The molecule has 1 aliphatic heterocycles. The number of rotatable bonds is 2. The summed E-state index contributed by atoms with van der Waals surface area (Å²) in [4.78, 5) is 3.80. The molecule has 2 fully saturated rings. The van der Waals surface area contributed by atoms with Gasteiger partial charge in [0, 0.05) is 19.0 Å². The van der Waals surface area contributed by atoms with Crippen molar-refractivity contribution in [1.82, 2.24) is 18.9 Å². The van der Waals surface area contributed by atoms with Crippen LogP contribution in [-0.2, 0) is 10.0 Å². The quantitative estimate of drug-likeness (QED) is 0.764. The number of terminal acetylenes is 1. The molecular weight excluding hydrogens is 388 g/mol. The molecule has 1 saturated carbocycles. The first-order valence-electron chi connectivity index (χ1n) is 9.10. The molecule has 1 unspecified atom stereocenters. The number of sulfonamides is 1. The summed E-state index contributed by atoms with van der Waals surface area (Å²) in [6.45, 7) is 0.512. The topological polar surface area (TPSA) is 93.6 Å². The zero-order chi connectivity index (χ0) is 20.5. The number of piperidine rings is 1. The van der Waals surface area contributed by atoms with E-state index in [1.807, 2.05) is 0 Å². The highest BCUT2D eigenvalue weighted by molar-refractivity contribution is 7.88. The molecule has 1 aliphatic carbocycles. The second-order valence-electron chi connectivity index (χ2n) is 7.12. The van der Waals surface area contributed by atoms with Gasteiger partial charge < -0.3 is 5.73 Å². The molecule has 0 radical (unpaired) electrons. The number of anilines is 1. The van der Waals surface area contributed by atoms with Crippen LogP contribution in [0.25, 0.3) is 5.52 Å². The van der Waals surface area contributed by atoms with Crippen LogP contribution < -0.4 is 5.73 Å². The Morgan fingerprint density at radius 1 is 1.32 bits per heavy atom. The maximum atomic E-state index is 14.1. The maximum Gasteiger partial charge on any atom is 0.238 e. The number of nitrogens with zero attached hydrogens (tertiary/aromatic N) is 4. The van der Waals surface area contributed by atoms with Gasteiger partial charge in [-0.05, 0) is 25.7 Å². The van der Waals surface area contributed by atoms with Crippen LogP contribution in [0, 0.1) is 18.2 Å². The highest BCUT2D eigenvalue weighted by atomic mass is 32.2. The number of aromatic nitrogens is 3. The summed E-state index contributed by atoms with van der Waals surface area (Å²) in [5, 5.41) is 4.06. The van der Waals surface area contributed by atoms with Crippen LogP contribution in [-0.4, -0.2) is 52.8 Å². The van der Waals surface area contributed by atoms with Gasteiger partial charge in [-0.1, -0.05) is 12.3 Å². The van der Waals surface area contributed by atoms with Gasteiger partial charge in [-0.2, -0.15) is 4.31 Å². The van der Waals surface area contributed by atoms with Crippen molar-refractivity contribution in [2.24, 2.45) is 0 Å². The molecule has 3 heterocycles. The average molecular weight is 411 g/mol. The minimum absolute atomic E-state index is 0.0405. The van der Waals surface area contributed by atoms with E-state index in [2.05, 4.69) is 16.0 Å². The lowest BCUT2D eigenvalue weighted by atomic mass is 9.81. The smallest absolute Gasteiger partial charge is 0.238 e. The van der Waals surface area contributed by atoms with Gasteiger partial charge in [0.1, 0.15) is 11.7 Å². The fourth-order valence-corrected chi connectivity index (χ4v) is 4.33. The molecule has 0 aromatic carbocycles. The summed E-state index contributed by atoms with van der Waals surface area (Å²) in [7, 11) is -3.17. The van der Waals surface area contributed by atoms with Gasteiger partial charge in [0.25, 0.3) is 0 Å². The number of halogens is 2. The molecule has 28 heavy (non-hydrogen) atoms. The Morgan fingerprint density at radius 2 is 2.04 bits per heavy atom. The number of hydrogen-bond donors (Lipinski definition) is 1. The van der Waals surface area contributed by atoms with Crippen LogP contribution >= 0.6 is 0 Å². The van der Waals surface area contributed by atoms with E-state index in [0.29, 0.717) is 30.5 Å². The molecule has 0 bridgehead atoms. The first-order chi connectivity index (χ1) is 13.2. The first kappa shape index (κ1) is 20.5. The van der Waals surface area contributed by atoms with Crippen LogP contribution in [0.4, 0.5) is 14.7 Å². The summed E-state index contributed by atoms with van der Waals surface area (Å²) in [6, 6.07) is 0. The summed E-state index contributed by atoms with van der Waals surface area (Å²) in [5.41, 5.74) is 6.90. The number of fused-ring (bicyclic) bond motifs is 1. The molecule has 1 saturated heterocycles. The summed E-state index contributed by atoms with van der Waals surface area (Å²) in [6.07, 6.45) is 11.2. The number of hydrogen-bond acceptors (Lipinski definition) is 5. The van der Waals surface area contributed by atoms with Gasteiger partial charge in [-0.15, -0.1) is 11.5 Å². The molecule has 0 spiro atoms. The van der Waals surface area contributed by atoms with Crippen molar-refractivity contribution in [2.45, 2.75) is 44.2 Å². The lowest BCUT2D eigenvalue weighted by Gasteiger charge is -2.26. The van der Waals surface area contributed by atoms with Crippen LogP contribution in [0.5, 0.6) is 0 Å². The molecule has 2 aliphatic rings. The molecule has 7 nitrogen and oxygen atoms in total. The minimum Gasteiger partial charge on any atom is -0.367 e. The molecule has 1 atom stereocenters. The van der Waals surface area contributed by atoms with Crippen LogP contribution in [0.3, 0.4) is 0 Å². The van der Waals surface area contributed by atoms with E-state index in [4.69, 9.17) is 12.2 Å². The highest BCUT2D eigenvalue weighted by Gasteiger charge is 2.29. The van der Waals surface area contributed by atoms with Gasteiger partial charge in [0.05, 0.1) is 23.7 Å². The molecule has 0 amide bonds. The molecule has 2 N–H and O–H groups in total. The van der Waals surface area contributed by atoms with E-state index in [-0.39, 0.29) is 18.4 Å². The summed E-state index contributed by atoms with van der Waals surface area (Å²) < 4.78 is 51.2. The highest BCUT2D eigenvalue weighted by Crippen LogP contribution is 2.39. The third-order valence-corrected chi connectivity index (χ3v) is 6.38. The van der Waals surface area contributed by atoms with E-state index >= 15 is 0 Å². The van der Waals surface area contributed by atoms with Crippen molar-refractivity contribution < 1.29 is 17.2 Å². The standard InChI is InChI=1S/C12H11FN4.C6H12FNO2S/c1-2-8-10(13)9-6-15-12(14)16-17(9)11(8)7-4-3-5-7;1-11(9,10)8-4-2-3-6(7)5-8/h1,6-7H,3-5H2,(H2,14,16);6H,2-5H2,1H3. The molecule has 152 valence electrons. The minimum atomic E-state index is -3.17. The van der Waals surface area contributed by atoms with Crippen molar-refractivity contribution >= 4 is 21.5 Å². The number of alkyl halides is 1. The average Bonchev–Trinajstić information content (AvgIpc) is 2.85. The zero-order valence-electron chi connectivity index (χ0n) is 15.6. The van der Waals surface area contributed by atoms with Gasteiger partial charge in [-0.3, -0.25) is 0 Å². The van der Waals surface area contributed by atoms with E-state index in [9.17, 15) is 17.2 Å². The largest absolute Gasteiger partial charge is 0.367 e. The zero-order valence-corrected chi connectivity index (χ0v) is 16.4. The lowest BCUT2D eigenvalue weighted by Crippen LogP contribution is -2.39. The second kappa shape index (κ2) is 8.01. The third-order valence-electron chi connectivity index (χ3n) is 5.11. The van der Waals surface area contributed by atoms with E-state index in [1.54, 1.807) is 0 Å². The Morgan fingerprint density at radius 3 is 2.54 bits per heavy atom. The predicted octanol–water partition coefficient (Wildman–Crippen LogP) is 2.08. The normalized spacial score (nSPS) is 20.9. The fraction of sp³-hybridized carbons (Fsp3) is 0.556. The van der Waals surface area contributed by atoms with Crippen molar-refractivity contribution in [3.8, 4) is 12.3 Å². The van der Waals surface area contributed by atoms with Crippen molar-refractivity contribution in [2.75, 3.05) is 25.1 Å². The van der Waals surface area contributed by atoms with Crippen LogP contribution in [0.15, 0.2) is 6.20 Å². The van der Waals surface area contributed by atoms with Gasteiger partial charge >= 0.3 is 0 Å². The Balaban J connectivity index is 0.000000178. The lowest BCUT2D eigenvalue weighted by molar-refractivity contribution is 0.203. The monoisotopic (exact) mass is 411 g/mol. The van der Waals surface area contributed by atoms with Gasteiger partial charge in [0.15, 0.2) is 5.82 Å². The molecular formula is C18H23F2N5O2S. The molecule has 4 rings (SSSR count). The molecule has 10 heteroatoms. The predicted molar refractivity (Wildman–Crippen MR) is 102 cm³/mol. The Hall–Kier alpha value is -2.25. The fourth-order valence-electron chi connectivity index (χ4n) is 3.43. The first-order valence-corrected chi connectivity index (χ1v) is 11.0. The summed E-state index contributed by atoms with van der Waals surface area (Å²) in [5.74, 6) is 2.40. The van der Waals surface area contributed by atoms with Crippen LogP contribution in [0.2, 0.25) is 0 Å². The molecule has 2 aromatic rings. The Kier molecular flexibility index (Phi) is 5.86. The van der Waals surface area contributed by atoms with Crippen molar-refractivity contribution in [3.63, 3.8) is 0 Å². The van der Waals surface area contributed by atoms with Gasteiger partial charge in [0.2, 0.25) is 16.0 Å². The number of nitrogens with two attached hydrogens (primary N) is 1. The van der Waals surface area contributed by atoms with E-state index in [0.717, 1.165) is 31.2 Å². The van der Waals surface area contributed by atoms with E-state index < -0.39 is 22.0 Å². The SMILES string of the molecule is C#Cc1c(F)c2cnc(N)nn2c1C1CCC1.CS(=O)(=O)N1CCCC(F)C1. The summed E-state index contributed by atoms with van der Waals surface area (Å²) >= 11 is 0. The van der Waals surface area contributed by atoms with E-state index in [1.165, 1.54) is 15.0 Å². The molecule has 2 aromatic heterocycles.